The van der Waals surface area contributed by atoms with Crippen molar-refractivity contribution < 1.29 is 9.47 Å². The van der Waals surface area contributed by atoms with Crippen molar-refractivity contribution in [3.63, 3.8) is 0 Å². The molecule has 2 saturated heterocycles. The lowest BCUT2D eigenvalue weighted by Gasteiger charge is -2.35. The number of piperidine rings is 1. The van der Waals surface area contributed by atoms with Crippen LogP contribution in [0, 0.1) is 0 Å². The highest BCUT2D eigenvalue weighted by atomic mass is 16.7. The summed E-state index contributed by atoms with van der Waals surface area (Å²) in [5, 5.41) is 1.82. The lowest BCUT2D eigenvalue weighted by atomic mass is 10.1. The van der Waals surface area contributed by atoms with E-state index in [9.17, 15) is 0 Å². The Morgan fingerprint density at radius 2 is 1.54 bits per heavy atom. The Morgan fingerprint density at radius 3 is 2.00 bits per heavy atom. The SMILES string of the molecule is CC.NN1CCC2(CC1)OCCO2. The first-order valence-corrected chi connectivity index (χ1v) is 5.08. The Labute approximate surface area is 79.9 Å². The van der Waals surface area contributed by atoms with Crippen LogP contribution >= 0.6 is 0 Å². The molecule has 2 aliphatic heterocycles. The summed E-state index contributed by atoms with van der Waals surface area (Å²) >= 11 is 0. The molecule has 2 N–H and O–H groups in total. The summed E-state index contributed by atoms with van der Waals surface area (Å²) in [6.45, 7) is 7.23. The molecule has 2 rings (SSSR count). The fourth-order valence-corrected chi connectivity index (χ4v) is 1.65. The maximum absolute atomic E-state index is 5.61. The van der Waals surface area contributed by atoms with Gasteiger partial charge in [-0.3, -0.25) is 5.84 Å². The molecule has 0 aliphatic carbocycles. The van der Waals surface area contributed by atoms with Crippen LogP contribution in [0.2, 0.25) is 0 Å². The number of hydrogen-bond donors (Lipinski definition) is 1. The maximum atomic E-state index is 5.61. The Bertz CT molecular complexity index is 137. The maximum Gasteiger partial charge on any atom is 0.171 e. The predicted molar refractivity (Wildman–Crippen MR) is 51.0 cm³/mol. The first kappa shape index (κ1) is 10.9. The van der Waals surface area contributed by atoms with Crippen LogP contribution in [-0.4, -0.2) is 37.1 Å². The van der Waals surface area contributed by atoms with Crippen LogP contribution < -0.4 is 5.84 Å². The van der Waals surface area contributed by atoms with E-state index in [1.54, 1.807) is 0 Å². The quantitative estimate of drug-likeness (QED) is 0.569. The summed E-state index contributed by atoms with van der Waals surface area (Å²) in [5.41, 5.74) is 0. The van der Waals surface area contributed by atoms with E-state index in [1.165, 1.54) is 0 Å². The number of nitrogens with two attached hydrogens (primary N) is 1. The van der Waals surface area contributed by atoms with E-state index in [0.717, 1.165) is 39.1 Å². The molecule has 0 atom stereocenters. The summed E-state index contributed by atoms with van der Waals surface area (Å²) in [6.07, 6.45) is 1.81. The molecule has 0 bridgehead atoms. The van der Waals surface area contributed by atoms with Gasteiger partial charge in [-0.05, 0) is 0 Å². The van der Waals surface area contributed by atoms with E-state index < -0.39 is 0 Å². The largest absolute Gasteiger partial charge is 0.347 e. The molecule has 0 saturated carbocycles. The average Bonchev–Trinajstić information content (AvgIpc) is 2.63. The van der Waals surface area contributed by atoms with Gasteiger partial charge in [0.25, 0.3) is 0 Å². The van der Waals surface area contributed by atoms with Gasteiger partial charge in [0.1, 0.15) is 0 Å². The highest BCUT2D eigenvalue weighted by Crippen LogP contribution is 2.29. The second kappa shape index (κ2) is 4.91. The third kappa shape index (κ3) is 2.64. The van der Waals surface area contributed by atoms with Gasteiger partial charge in [0.05, 0.1) is 13.2 Å². The molecule has 0 unspecified atom stereocenters. The molecule has 0 aromatic rings. The summed E-state index contributed by atoms with van der Waals surface area (Å²) in [7, 11) is 0. The Hall–Kier alpha value is -0.160. The third-order valence-corrected chi connectivity index (χ3v) is 2.37. The van der Waals surface area contributed by atoms with Gasteiger partial charge in [0.15, 0.2) is 5.79 Å². The topological polar surface area (TPSA) is 47.7 Å². The number of hydrogen-bond acceptors (Lipinski definition) is 4. The lowest BCUT2D eigenvalue weighted by molar-refractivity contribution is -0.185. The molecule has 2 heterocycles. The Kier molecular flexibility index (Phi) is 4.12. The van der Waals surface area contributed by atoms with Crippen molar-refractivity contribution in [1.29, 1.82) is 0 Å². The molecule has 13 heavy (non-hydrogen) atoms. The molecular weight excluding hydrogens is 168 g/mol. The standard InChI is InChI=1S/C7H14N2O2.C2H6/c8-9-3-1-7(2-4-9)10-5-6-11-7;1-2/h1-6,8H2;1-2H3. The van der Waals surface area contributed by atoms with Crippen molar-refractivity contribution in [2.24, 2.45) is 5.84 Å². The van der Waals surface area contributed by atoms with Crippen LogP contribution in [0.5, 0.6) is 0 Å². The summed E-state index contributed by atoms with van der Waals surface area (Å²) in [4.78, 5) is 0. The van der Waals surface area contributed by atoms with Gasteiger partial charge in [0, 0.05) is 25.9 Å². The van der Waals surface area contributed by atoms with Crippen LogP contribution in [0.3, 0.4) is 0 Å². The third-order valence-electron chi connectivity index (χ3n) is 2.37. The molecule has 0 aromatic carbocycles. The minimum Gasteiger partial charge on any atom is -0.347 e. The van der Waals surface area contributed by atoms with Gasteiger partial charge in [-0.15, -0.1) is 0 Å². The van der Waals surface area contributed by atoms with E-state index >= 15 is 0 Å². The fraction of sp³-hybridized carbons (Fsp3) is 1.00. The molecule has 4 heteroatoms. The van der Waals surface area contributed by atoms with Gasteiger partial charge in [-0.25, -0.2) is 5.01 Å². The molecule has 0 amide bonds. The van der Waals surface area contributed by atoms with Crippen molar-refractivity contribution in [2.75, 3.05) is 26.3 Å². The van der Waals surface area contributed by atoms with Crippen molar-refractivity contribution in [2.45, 2.75) is 32.5 Å². The van der Waals surface area contributed by atoms with Crippen molar-refractivity contribution in [1.82, 2.24) is 5.01 Å². The van der Waals surface area contributed by atoms with Gasteiger partial charge < -0.3 is 9.47 Å². The number of nitrogens with zero attached hydrogens (tertiary/aromatic N) is 1. The Morgan fingerprint density at radius 1 is 1.08 bits per heavy atom. The van der Waals surface area contributed by atoms with Crippen molar-refractivity contribution in [3.05, 3.63) is 0 Å². The van der Waals surface area contributed by atoms with Gasteiger partial charge >= 0.3 is 0 Å². The minimum absolute atomic E-state index is 0.268. The Balaban J connectivity index is 0.000000396. The fourth-order valence-electron chi connectivity index (χ4n) is 1.65. The molecule has 2 aliphatic rings. The van der Waals surface area contributed by atoms with E-state index in [0.29, 0.717) is 0 Å². The lowest BCUT2D eigenvalue weighted by Crippen LogP contribution is -2.47. The van der Waals surface area contributed by atoms with Crippen LogP contribution in [0.4, 0.5) is 0 Å². The minimum atomic E-state index is -0.268. The number of rotatable bonds is 0. The van der Waals surface area contributed by atoms with Crippen LogP contribution in [-0.2, 0) is 9.47 Å². The highest BCUT2D eigenvalue weighted by molar-refractivity contribution is 4.80. The zero-order valence-corrected chi connectivity index (χ0v) is 8.58. The summed E-state index contributed by atoms with van der Waals surface area (Å²) in [6, 6.07) is 0. The van der Waals surface area contributed by atoms with Gasteiger partial charge in [-0.1, -0.05) is 13.8 Å². The van der Waals surface area contributed by atoms with Crippen LogP contribution in [0.25, 0.3) is 0 Å². The molecule has 0 radical (unpaired) electrons. The average molecular weight is 188 g/mol. The number of hydrazine groups is 1. The zero-order valence-electron chi connectivity index (χ0n) is 8.58. The molecule has 2 fully saturated rings. The first-order chi connectivity index (χ1) is 6.31. The molecule has 1 spiro atoms. The van der Waals surface area contributed by atoms with Gasteiger partial charge in [-0.2, -0.15) is 0 Å². The van der Waals surface area contributed by atoms with Crippen molar-refractivity contribution >= 4 is 0 Å². The van der Waals surface area contributed by atoms with E-state index in [2.05, 4.69) is 0 Å². The van der Waals surface area contributed by atoms with Gasteiger partial charge in [0.2, 0.25) is 0 Å². The smallest absolute Gasteiger partial charge is 0.171 e. The molecule has 0 aromatic heterocycles. The van der Waals surface area contributed by atoms with E-state index in [4.69, 9.17) is 15.3 Å². The molecule has 4 nitrogen and oxygen atoms in total. The monoisotopic (exact) mass is 188 g/mol. The van der Waals surface area contributed by atoms with Crippen molar-refractivity contribution in [3.8, 4) is 0 Å². The zero-order chi connectivity index (χ0) is 9.73. The first-order valence-electron chi connectivity index (χ1n) is 5.08. The number of ether oxygens (including phenoxy) is 2. The van der Waals surface area contributed by atoms with Crippen LogP contribution in [0.1, 0.15) is 26.7 Å². The summed E-state index contributed by atoms with van der Waals surface area (Å²) in [5.74, 6) is 5.34. The second-order valence-electron chi connectivity index (χ2n) is 3.14. The highest BCUT2D eigenvalue weighted by Gasteiger charge is 2.38. The van der Waals surface area contributed by atoms with Crippen LogP contribution in [0.15, 0.2) is 0 Å². The normalized spacial score (nSPS) is 27.0. The molecular formula is C9H20N2O2. The predicted octanol–water partition coefficient (Wildman–Crippen LogP) is 0.725. The molecule has 78 valence electrons. The summed E-state index contributed by atoms with van der Waals surface area (Å²) < 4.78 is 11.1. The van der Waals surface area contributed by atoms with E-state index in [-0.39, 0.29) is 5.79 Å². The van der Waals surface area contributed by atoms with E-state index in [1.807, 2.05) is 18.9 Å². The second-order valence-corrected chi connectivity index (χ2v) is 3.14.